The lowest BCUT2D eigenvalue weighted by molar-refractivity contribution is 0.478. The number of nitrogen functional groups attached to an aromatic ring is 1. The van der Waals surface area contributed by atoms with Crippen LogP contribution in [0.15, 0.2) is 24.3 Å². The lowest BCUT2D eigenvalue weighted by atomic mass is 10.0. The van der Waals surface area contributed by atoms with Crippen LogP contribution in [0.1, 0.15) is 32.3 Å². The Balaban J connectivity index is 2.60. The van der Waals surface area contributed by atoms with Crippen LogP contribution in [0.2, 0.25) is 0 Å². The van der Waals surface area contributed by atoms with E-state index in [0.29, 0.717) is 23.7 Å². The Morgan fingerprint density at radius 2 is 1.94 bits per heavy atom. The molecule has 0 atom stereocenters. The summed E-state index contributed by atoms with van der Waals surface area (Å²) in [5.74, 6) is 0.388. The van der Waals surface area contributed by atoms with E-state index in [1.807, 2.05) is 0 Å². The Bertz CT molecular complexity index is 468. The number of hydrogen-bond acceptors (Lipinski definition) is 3. The third-order valence-corrected chi connectivity index (χ3v) is 4.37. The topological polar surface area (TPSA) is 72.2 Å². The zero-order valence-corrected chi connectivity index (χ0v) is 11.8. The molecule has 0 amide bonds. The number of anilines is 1. The minimum Gasteiger partial charge on any atom is -0.399 e. The van der Waals surface area contributed by atoms with Gasteiger partial charge in [-0.05, 0) is 23.6 Å². The molecule has 3 N–H and O–H groups in total. The fourth-order valence-electron chi connectivity index (χ4n) is 1.78. The highest BCUT2D eigenvalue weighted by Gasteiger charge is 2.13. The third-order valence-electron chi connectivity index (χ3n) is 3.05. The fourth-order valence-corrected chi connectivity index (χ4v) is 2.99. The molecule has 0 fully saturated rings. The fraction of sp³-hybridized carbons (Fsp3) is 0.538. The Morgan fingerprint density at radius 3 is 2.50 bits per heavy atom. The predicted octanol–water partition coefficient (Wildman–Crippen LogP) is 2.12. The molecule has 18 heavy (non-hydrogen) atoms. The summed E-state index contributed by atoms with van der Waals surface area (Å²) in [5, 5.41) is 0. The molecule has 1 aromatic rings. The van der Waals surface area contributed by atoms with Crippen LogP contribution in [0.3, 0.4) is 0 Å². The minimum absolute atomic E-state index is 0.0157. The van der Waals surface area contributed by atoms with Crippen molar-refractivity contribution >= 4 is 15.7 Å². The van der Waals surface area contributed by atoms with Crippen molar-refractivity contribution in [3.8, 4) is 0 Å². The Morgan fingerprint density at radius 1 is 1.28 bits per heavy atom. The molecule has 5 heteroatoms. The molecule has 0 unspecified atom stereocenters. The molecule has 0 saturated heterocycles. The summed E-state index contributed by atoms with van der Waals surface area (Å²) in [6.07, 6.45) is 1.97. The van der Waals surface area contributed by atoms with Crippen LogP contribution in [0.4, 0.5) is 5.69 Å². The van der Waals surface area contributed by atoms with Crippen molar-refractivity contribution in [3.63, 3.8) is 0 Å². The van der Waals surface area contributed by atoms with Crippen LogP contribution in [-0.2, 0) is 15.8 Å². The van der Waals surface area contributed by atoms with Gasteiger partial charge >= 0.3 is 0 Å². The molecule has 0 aliphatic heterocycles. The normalized spacial score (nSPS) is 11.9. The summed E-state index contributed by atoms with van der Waals surface area (Å²) in [7, 11) is -3.27. The van der Waals surface area contributed by atoms with Gasteiger partial charge in [-0.1, -0.05) is 38.8 Å². The molecular formula is C13H22N2O2S. The van der Waals surface area contributed by atoms with Crippen molar-refractivity contribution in [2.24, 2.45) is 5.92 Å². The van der Waals surface area contributed by atoms with Crippen LogP contribution in [0.25, 0.3) is 0 Å². The predicted molar refractivity (Wildman–Crippen MR) is 75.6 cm³/mol. The van der Waals surface area contributed by atoms with Crippen molar-refractivity contribution in [2.45, 2.75) is 32.4 Å². The molecular weight excluding hydrogens is 248 g/mol. The van der Waals surface area contributed by atoms with E-state index >= 15 is 0 Å². The number of rotatable bonds is 7. The molecule has 0 aliphatic carbocycles. The highest BCUT2D eigenvalue weighted by molar-refractivity contribution is 7.88. The molecule has 1 aromatic carbocycles. The maximum absolute atomic E-state index is 11.9. The smallest absolute Gasteiger partial charge is 0.215 e. The Labute approximate surface area is 110 Å². The van der Waals surface area contributed by atoms with Crippen molar-refractivity contribution in [1.82, 2.24) is 4.72 Å². The second kappa shape index (κ2) is 6.75. The first-order chi connectivity index (χ1) is 8.46. The molecule has 0 aromatic heterocycles. The monoisotopic (exact) mass is 270 g/mol. The van der Waals surface area contributed by atoms with E-state index < -0.39 is 10.0 Å². The van der Waals surface area contributed by atoms with Crippen LogP contribution in [0, 0.1) is 5.92 Å². The molecule has 0 bridgehead atoms. The van der Waals surface area contributed by atoms with Gasteiger partial charge in [0.2, 0.25) is 10.0 Å². The van der Waals surface area contributed by atoms with Crippen LogP contribution in [0.5, 0.6) is 0 Å². The minimum atomic E-state index is -3.27. The van der Waals surface area contributed by atoms with Gasteiger partial charge in [-0.15, -0.1) is 0 Å². The maximum Gasteiger partial charge on any atom is 0.215 e. The van der Waals surface area contributed by atoms with Crippen LogP contribution in [-0.4, -0.2) is 15.0 Å². The van der Waals surface area contributed by atoms with E-state index in [9.17, 15) is 8.42 Å². The molecule has 1 rings (SSSR count). The van der Waals surface area contributed by atoms with Gasteiger partial charge in [-0.2, -0.15) is 0 Å². The van der Waals surface area contributed by atoms with Gasteiger partial charge in [0.1, 0.15) is 0 Å². The summed E-state index contributed by atoms with van der Waals surface area (Å²) in [5.41, 5.74) is 6.93. The van der Waals surface area contributed by atoms with Gasteiger partial charge in [-0.3, -0.25) is 0 Å². The average Bonchev–Trinajstić information content (AvgIpc) is 2.29. The first-order valence-corrected chi connectivity index (χ1v) is 7.93. The summed E-state index contributed by atoms with van der Waals surface area (Å²) in [6, 6.07) is 6.97. The van der Waals surface area contributed by atoms with Crippen LogP contribution >= 0.6 is 0 Å². The average molecular weight is 270 g/mol. The lowest BCUT2D eigenvalue weighted by Gasteiger charge is -2.13. The first kappa shape index (κ1) is 15.0. The number of benzene rings is 1. The van der Waals surface area contributed by atoms with Crippen molar-refractivity contribution in [2.75, 3.05) is 12.3 Å². The van der Waals surface area contributed by atoms with E-state index in [4.69, 9.17) is 5.73 Å². The van der Waals surface area contributed by atoms with E-state index in [1.54, 1.807) is 24.3 Å². The highest BCUT2D eigenvalue weighted by Crippen LogP contribution is 2.11. The quantitative estimate of drug-likeness (QED) is 0.745. The highest BCUT2D eigenvalue weighted by atomic mass is 32.2. The number of nitrogens with one attached hydrogen (secondary N) is 1. The van der Waals surface area contributed by atoms with Gasteiger partial charge in [0.05, 0.1) is 5.75 Å². The van der Waals surface area contributed by atoms with Gasteiger partial charge in [0, 0.05) is 12.2 Å². The summed E-state index contributed by atoms with van der Waals surface area (Å²) < 4.78 is 26.5. The van der Waals surface area contributed by atoms with Gasteiger partial charge < -0.3 is 5.73 Å². The molecule has 102 valence electrons. The van der Waals surface area contributed by atoms with Gasteiger partial charge in [0.25, 0.3) is 0 Å². The zero-order chi connectivity index (χ0) is 13.6. The molecule has 0 saturated carbocycles. The lowest BCUT2D eigenvalue weighted by Crippen LogP contribution is -2.30. The maximum atomic E-state index is 11.9. The van der Waals surface area contributed by atoms with E-state index in [2.05, 4.69) is 18.6 Å². The van der Waals surface area contributed by atoms with Crippen molar-refractivity contribution < 1.29 is 8.42 Å². The van der Waals surface area contributed by atoms with Crippen molar-refractivity contribution in [3.05, 3.63) is 29.8 Å². The molecule has 0 radical (unpaired) electrons. The van der Waals surface area contributed by atoms with E-state index in [-0.39, 0.29) is 5.75 Å². The first-order valence-electron chi connectivity index (χ1n) is 6.28. The Hall–Kier alpha value is -1.07. The van der Waals surface area contributed by atoms with E-state index in [1.165, 1.54) is 0 Å². The van der Waals surface area contributed by atoms with E-state index in [0.717, 1.165) is 12.8 Å². The molecule has 4 nitrogen and oxygen atoms in total. The molecule has 0 aliphatic rings. The number of sulfonamides is 1. The number of hydrogen-bond donors (Lipinski definition) is 2. The SMILES string of the molecule is CCC(CC)CNS(=O)(=O)Cc1cccc(N)c1. The zero-order valence-electron chi connectivity index (χ0n) is 11.0. The standard InChI is InChI=1S/C13H22N2O2S/c1-3-11(4-2)9-15-18(16,17)10-12-6-5-7-13(14)8-12/h5-8,11,15H,3-4,9-10,14H2,1-2H3. The van der Waals surface area contributed by atoms with Gasteiger partial charge in [-0.25, -0.2) is 13.1 Å². The van der Waals surface area contributed by atoms with Gasteiger partial charge in [0.15, 0.2) is 0 Å². The van der Waals surface area contributed by atoms with Crippen molar-refractivity contribution in [1.29, 1.82) is 0 Å². The molecule has 0 spiro atoms. The third kappa shape index (κ3) is 5.06. The number of nitrogens with two attached hydrogens (primary N) is 1. The van der Waals surface area contributed by atoms with Crippen LogP contribution < -0.4 is 10.5 Å². The second-order valence-corrected chi connectivity index (χ2v) is 6.34. The second-order valence-electron chi connectivity index (χ2n) is 4.54. The summed E-state index contributed by atoms with van der Waals surface area (Å²) >= 11 is 0. The largest absolute Gasteiger partial charge is 0.399 e. The summed E-state index contributed by atoms with van der Waals surface area (Å²) in [6.45, 7) is 4.65. The Kier molecular flexibility index (Phi) is 5.62. The molecule has 0 heterocycles. The summed E-state index contributed by atoms with van der Waals surface area (Å²) in [4.78, 5) is 0.